The number of hydrogen-bond donors (Lipinski definition) is 0. The van der Waals surface area contributed by atoms with Gasteiger partial charge in [0.05, 0.1) is 4.47 Å². The van der Waals surface area contributed by atoms with Crippen LogP contribution in [0.3, 0.4) is 0 Å². The van der Waals surface area contributed by atoms with Crippen molar-refractivity contribution in [3.8, 4) is 0 Å². The molecule has 5 nitrogen and oxygen atoms in total. The predicted octanol–water partition coefficient (Wildman–Crippen LogP) is 1.18. The first-order valence-corrected chi connectivity index (χ1v) is 4.85. The Morgan fingerprint density at radius 3 is 2.85 bits per heavy atom. The monoisotopic (exact) mass is 304 g/mol. The Kier molecular flexibility index (Phi) is 2.12. The third kappa shape index (κ3) is 1.49. The summed E-state index contributed by atoms with van der Waals surface area (Å²) in [5.74, 6) is 0. The van der Waals surface area contributed by atoms with Gasteiger partial charge < -0.3 is 5.21 Å². The molecule has 1 aromatic heterocycles. The zero-order valence-corrected chi connectivity index (χ0v) is 9.28. The molecule has 0 N–H and O–H groups in total. The van der Waals surface area contributed by atoms with Gasteiger partial charge in [0.2, 0.25) is 5.21 Å². The van der Waals surface area contributed by atoms with Gasteiger partial charge in [-0.3, -0.25) is 0 Å². The average Bonchev–Trinajstić information content (AvgIpc) is 2.07. The van der Waals surface area contributed by atoms with Crippen LogP contribution in [0, 0.1) is 5.21 Å². The minimum atomic E-state index is 0.372. The standard InChI is InChI=1S/C6H2Br2N4O/c7-3-1-4(8)6-5(2-3)12(13)11-10-9-6/h1-2H. The summed E-state index contributed by atoms with van der Waals surface area (Å²) in [7, 11) is 0. The van der Waals surface area contributed by atoms with E-state index in [-0.39, 0.29) is 0 Å². The Hall–Kier alpha value is -0.820. The summed E-state index contributed by atoms with van der Waals surface area (Å²) >= 11 is 6.53. The fourth-order valence-corrected chi connectivity index (χ4v) is 2.23. The van der Waals surface area contributed by atoms with Crippen LogP contribution in [0.4, 0.5) is 0 Å². The van der Waals surface area contributed by atoms with Crippen LogP contribution in [-0.4, -0.2) is 15.5 Å². The molecular weight excluding hydrogens is 304 g/mol. The van der Waals surface area contributed by atoms with Gasteiger partial charge in [-0.15, -0.1) is 4.85 Å². The average molecular weight is 306 g/mol. The van der Waals surface area contributed by atoms with Gasteiger partial charge in [0.25, 0.3) is 0 Å². The van der Waals surface area contributed by atoms with Crippen molar-refractivity contribution >= 4 is 42.9 Å². The van der Waals surface area contributed by atoms with Crippen LogP contribution >= 0.6 is 31.9 Å². The lowest BCUT2D eigenvalue weighted by atomic mass is 10.3. The molecule has 0 fully saturated rings. The first-order chi connectivity index (χ1) is 6.18. The molecule has 0 aliphatic rings. The highest BCUT2D eigenvalue weighted by molar-refractivity contribution is 9.11. The second-order valence-corrected chi connectivity index (χ2v) is 4.08. The minimum Gasteiger partial charge on any atom is -0.691 e. The molecule has 0 spiro atoms. The normalized spacial score (nSPS) is 10.6. The number of hydrogen-bond acceptors (Lipinski definition) is 4. The summed E-state index contributed by atoms with van der Waals surface area (Å²) in [5.41, 5.74) is 0.865. The first kappa shape index (κ1) is 8.76. The largest absolute Gasteiger partial charge is 0.691 e. The van der Waals surface area contributed by atoms with Crippen LogP contribution in [0.5, 0.6) is 0 Å². The van der Waals surface area contributed by atoms with Gasteiger partial charge in [0, 0.05) is 10.5 Å². The lowest BCUT2D eigenvalue weighted by molar-refractivity contribution is -0.649. The van der Waals surface area contributed by atoms with E-state index in [9.17, 15) is 5.21 Å². The molecule has 0 amide bonds. The van der Waals surface area contributed by atoms with Gasteiger partial charge in [0.15, 0.2) is 16.2 Å². The Balaban J connectivity index is 2.94. The quantitative estimate of drug-likeness (QED) is 0.541. The Morgan fingerprint density at radius 2 is 2.08 bits per heavy atom. The number of rotatable bonds is 0. The van der Waals surface area contributed by atoms with Crippen molar-refractivity contribution in [1.82, 2.24) is 15.5 Å². The van der Waals surface area contributed by atoms with E-state index in [4.69, 9.17) is 0 Å². The summed E-state index contributed by atoms with van der Waals surface area (Å²) in [6, 6.07) is 3.42. The summed E-state index contributed by atoms with van der Waals surface area (Å²) in [6.45, 7) is 0. The van der Waals surface area contributed by atoms with Crippen molar-refractivity contribution in [2.45, 2.75) is 0 Å². The molecule has 0 aliphatic heterocycles. The molecule has 2 rings (SSSR count). The van der Waals surface area contributed by atoms with Crippen LogP contribution in [-0.2, 0) is 0 Å². The zero-order chi connectivity index (χ0) is 9.42. The molecule has 0 radical (unpaired) electrons. The molecule has 0 atom stereocenters. The number of aromatic nitrogens is 4. The van der Waals surface area contributed by atoms with E-state index in [1.807, 2.05) is 0 Å². The SMILES string of the molecule is [O-][n+]1nnnc2c(Br)cc(Br)cc21. The van der Waals surface area contributed by atoms with Crippen molar-refractivity contribution in [2.75, 3.05) is 0 Å². The maximum absolute atomic E-state index is 11.1. The van der Waals surface area contributed by atoms with E-state index < -0.39 is 0 Å². The second kappa shape index (κ2) is 3.15. The van der Waals surface area contributed by atoms with Gasteiger partial charge in [-0.1, -0.05) is 15.9 Å². The molecule has 2 aromatic rings. The molecule has 0 bridgehead atoms. The molecule has 66 valence electrons. The summed E-state index contributed by atoms with van der Waals surface area (Å²) in [6.07, 6.45) is 0. The molecule has 7 heteroatoms. The third-order valence-electron chi connectivity index (χ3n) is 1.48. The van der Waals surface area contributed by atoms with E-state index in [0.717, 1.165) is 4.47 Å². The molecule has 1 aromatic carbocycles. The van der Waals surface area contributed by atoms with Crippen molar-refractivity contribution in [3.63, 3.8) is 0 Å². The topological polar surface area (TPSA) is 65.6 Å². The number of benzene rings is 1. The van der Waals surface area contributed by atoms with Gasteiger partial charge >= 0.3 is 0 Å². The summed E-state index contributed by atoms with van der Waals surface area (Å²) < 4.78 is 1.49. The lowest BCUT2D eigenvalue weighted by Gasteiger charge is -2.01. The van der Waals surface area contributed by atoms with E-state index in [1.54, 1.807) is 12.1 Å². The number of halogens is 2. The Morgan fingerprint density at radius 1 is 1.31 bits per heavy atom. The van der Waals surface area contributed by atoms with E-state index in [0.29, 0.717) is 20.4 Å². The predicted molar refractivity (Wildman–Crippen MR) is 51.7 cm³/mol. The van der Waals surface area contributed by atoms with Gasteiger partial charge in [0.1, 0.15) is 0 Å². The first-order valence-electron chi connectivity index (χ1n) is 3.26. The zero-order valence-electron chi connectivity index (χ0n) is 6.11. The molecule has 0 saturated heterocycles. The number of nitrogens with zero attached hydrogens (tertiary/aromatic N) is 4. The lowest BCUT2D eigenvalue weighted by Crippen LogP contribution is -2.33. The highest BCUT2D eigenvalue weighted by Gasteiger charge is 2.09. The summed E-state index contributed by atoms with van der Waals surface area (Å²) in [5, 5.41) is 21.4. The van der Waals surface area contributed by atoms with Crippen LogP contribution in [0.25, 0.3) is 11.0 Å². The van der Waals surface area contributed by atoms with Crippen molar-refractivity contribution in [2.24, 2.45) is 0 Å². The van der Waals surface area contributed by atoms with Crippen molar-refractivity contribution in [3.05, 3.63) is 26.3 Å². The van der Waals surface area contributed by atoms with E-state index in [2.05, 4.69) is 47.4 Å². The summed E-state index contributed by atoms with van der Waals surface area (Å²) in [4.78, 5) is 0.428. The second-order valence-electron chi connectivity index (χ2n) is 2.31. The van der Waals surface area contributed by atoms with Gasteiger partial charge in [-0.25, -0.2) is 0 Å². The molecule has 0 unspecified atom stereocenters. The molecule has 0 aliphatic carbocycles. The highest BCUT2D eigenvalue weighted by atomic mass is 79.9. The molecule has 1 heterocycles. The van der Waals surface area contributed by atoms with E-state index >= 15 is 0 Å². The molecule has 0 saturated carbocycles. The third-order valence-corrected chi connectivity index (χ3v) is 2.54. The van der Waals surface area contributed by atoms with Crippen LogP contribution in [0.15, 0.2) is 21.1 Å². The minimum absolute atomic E-state index is 0.372. The van der Waals surface area contributed by atoms with Gasteiger partial charge in [-0.05, 0) is 27.1 Å². The van der Waals surface area contributed by atoms with Crippen LogP contribution in [0.1, 0.15) is 0 Å². The van der Waals surface area contributed by atoms with Crippen molar-refractivity contribution in [1.29, 1.82) is 0 Å². The molecule has 13 heavy (non-hydrogen) atoms. The Labute approximate surface area is 89.6 Å². The maximum Gasteiger partial charge on any atom is 0.204 e. The van der Waals surface area contributed by atoms with E-state index in [1.165, 1.54) is 0 Å². The van der Waals surface area contributed by atoms with Crippen LogP contribution in [0.2, 0.25) is 0 Å². The maximum atomic E-state index is 11.1. The smallest absolute Gasteiger partial charge is 0.204 e. The Bertz CT molecular complexity index is 475. The van der Waals surface area contributed by atoms with Crippen molar-refractivity contribution < 1.29 is 4.85 Å². The molecular formula is C6H2Br2N4O. The fraction of sp³-hybridized carbons (Fsp3) is 0. The van der Waals surface area contributed by atoms with Gasteiger partial charge in [-0.2, -0.15) is 0 Å². The fourth-order valence-electron chi connectivity index (χ4n) is 0.946. The highest BCUT2D eigenvalue weighted by Crippen LogP contribution is 2.23. The number of fused-ring (bicyclic) bond motifs is 1. The van der Waals surface area contributed by atoms with Crippen LogP contribution < -0.4 is 4.85 Å².